The first kappa shape index (κ1) is 11.8. The van der Waals surface area contributed by atoms with E-state index in [0.29, 0.717) is 12.8 Å². The highest BCUT2D eigenvalue weighted by molar-refractivity contribution is 5.76. The number of carbonyl (C=O) groups is 1. The number of rotatable bonds is 3. The quantitative estimate of drug-likeness (QED) is 0.919. The van der Waals surface area contributed by atoms with Gasteiger partial charge in [0.05, 0.1) is 12.5 Å². The van der Waals surface area contributed by atoms with Gasteiger partial charge in [-0.3, -0.25) is 4.79 Å². The maximum atomic E-state index is 11.7. The molecule has 4 heteroatoms. The fourth-order valence-corrected chi connectivity index (χ4v) is 2.53. The van der Waals surface area contributed by atoms with Crippen molar-refractivity contribution in [1.29, 1.82) is 0 Å². The highest BCUT2D eigenvalue weighted by Gasteiger charge is 2.43. The number of ether oxygens (including phenoxy) is 1. The van der Waals surface area contributed by atoms with Crippen molar-refractivity contribution in [3.63, 3.8) is 0 Å². The van der Waals surface area contributed by atoms with Crippen LogP contribution in [0.1, 0.15) is 11.1 Å². The number of para-hydroxylation sites is 1. The Morgan fingerprint density at radius 1 is 1.32 bits per heavy atom. The fourth-order valence-electron chi connectivity index (χ4n) is 2.53. The highest BCUT2D eigenvalue weighted by atomic mass is 16.5. The third kappa shape index (κ3) is 2.10. The predicted molar refractivity (Wildman–Crippen MR) is 68.1 cm³/mol. The molecule has 0 fully saturated rings. The molecule has 1 aromatic carbocycles. The normalized spacial score (nSPS) is 21.5. The Bertz CT molecular complexity index is 588. The van der Waals surface area contributed by atoms with E-state index in [2.05, 4.69) is 0 Å². The van der Waals surface area contributed by atoms with Gasteiger partial charge in [-0.1, -0.05) is 18.2 Å². The summed E-state index contributed by atoms with van der Waals surface area (Å²) in [5.74, 6) is -0.0465. The van der Waals surface area contributed by atoms with Crippen LogP contribution in [0.2, 0.25) is 0 Å². The molecule has 2 heterocycles. The van der Waals surface area contributed by atoms with Gasteiger partial charge in [0.15, 0.2) is 0 Å². The van der Waals surface area contributed by atoms with Crippen molar-refractivity contribution in [1.82, 2.24) is 0 Å². The number of carboxylic acid groups (broad SMARTS) is 1. The molecule has 3 rings (SSSR count). The van der Waals surface area contributed by atoms with Crippen LogP contribution in [0.4, 0.5) is 0 Å². The average Bonchev–Trinajstić information content (AvgIpc) is 2.91. The van der Waals surface area contributed by atoms with Crippen molar-refractivity contribution in [3.05, 3.63) is 54.0 Å². The van der Waals surface area contributed by atoms with Crippen molar-refractivity contribution in [2.75, 3.05) is 6.61 Å². The fraction of sp³-hybridized carbons (Fsp3) is 0.267. The van der Waals surface area contributed by atoms with E-state index in [9.17, 15) is 9.90 Å². The zero-order chi connectivity index (χ0) is 13.3. The van der Waals surface area contributed by atoms with Crippen LogP contribution in [0.15, 0.2) is 47.3 Å². The molecular formula is C15H14O4. The maximum absolute atomic E-state index is 11.7. The molecule has 1 unspecified atom stereocenters. The topological polar surface area (TPSA) is 59.7 Å². The number of carboxylic acids is 1. The lowest BCUT2D eigenvalue weighted by molar-refractivity contribution is -0.151. The monoisotopic (exact) mass is 258 g/mol. The van der Waals surface area contributed by atoms with Crippen LogP contribution in [0.25, 0.3) is 0 Å². The van der Waals surface area contributed by atoms with Crippen LogP contribution in [0.3, 0.4) is 0 Å². The molecule has 0 bridgehead atoms. The lowest BCUT2D eigenvalue weighted by Crippen LogP contribution is -2.43. The summed E-state index contributed by atoms with van der Waals surface area (Å²) in [6.07, 6.45) is 4.03. The molecule has 1 aliphatic heterocycles. The zero-order valence-corrected chi connectivity index (χ0v) is 10.3. The summed E-state index contributed by atoms with van der Waals surface area (Å²) < 4.78 is 10.7. The van der Waals surface area contributed by atoms with Crippen LogP contribution >= 0.6 is 0 Å². The van der Waals surface area contributed by atoms with Crippen molar-refractivity contribution in [2.24, 2.45) is 5.41 Å². The van der Waals surface area contributed by atoms with Crippen molar-refractivity contribution in [3.8, 4) is 5.75 Å². The summed E-state index contributed by atoms with van der Waals surface area (Å²) in [5, 5.41) is 9.60. The smallest absolute Gasteiger partial charge is 0.313 e. The Hall–Kier alpha value is -2.23. The SMILES string of the molecule is O=C(O)C1(Cc2ccoc2)COc2ccccc2C1. The van der Waals surface area contributed by atoms with Crippen LogP contribution in [-0.4, -0.2) is 17.7 Å². The van der Waals surface area contributed by atoms with Gasteiger partial charge in [-0.25, -0.2) is 0 Å². The van der Waals surface area contributed by atoms with E-state index in [4.69, 9.17) is 9.15 Å². The van der Waals surface area contributed by atoms with E-state index >= 15 is 0 Å². The number of hydrogen-bond donors (Lipinski definition) is 1. The first-order valence-electron chi connectivity index (χ1n) is 6.15. The number of benzene rings is 1. The maximum Gasteiger partial charge on any atom is 0.313 e. The van der Waals surface area contributed by atoms with E-state index in [-0.39, 0.29) is 6.61 Å². The molecular weight excluding hydrogens is 244 g/mol. The van der Waals surface area contributed by atoms with Crippen LogP contribution in [0.5, 0.6) is 5.75 Å². The van der Waals surface area contributed by atoms with Crippen molar-refractivity contribution < 1.29 is 19.1 Å². The van der Waals surface area contributed by atoms with Gasteiger partial charge in [0.2, 0.25) is 0 Å². The summed E-state index contributed by atoms with van der Waals surface area (Å²) >= 11 is 0. The summed E-state index contributed by atoms with van der Waals surface area (Å²) in [6.45, 7) is 0.185. The Morgan fingerprint density at radius 3 is 2.89 bits per heavy atom. The summed E-state index contributed by atoms with van der Waals surface area (Å²) in [7, 11) is 0. The minimum atomic E-state index is -0.918. The Labute approximate surface area is 110 Å². The number of furan rings is 1. The van der Waals surface area contributed by atoms with Gasteiger partial charge in [-0.05, 0) is 36.1 Å². The molecule has 0 saturated carbocycles. The lowest BCUT2D eigenvalue weighted by atomic mass is 9.76. The van der Waals surface area contributed by atoms with E-state index < -0.39 is 11.4 Å². The first-order chi connectivity index (χ1) is 9.20. The van der Waals surface area contributed by atoms with Gasteiger partial charge >= 0.3 is 5.97 Å². The first-order valence-corrected chi connectivity index (χ1v) is 6.15. The molecule has 1 N–H and O–H groups in total. The molecule has 1 aromatic heterocycles. The van der Waals surface area contributed by atoms with Crippen molar-refractivity contribution in [2.45, 2.75) is 12.8 Å². The van der Waals surface area contributed by atoms with Gasteiger partial charge in [0.1, 0.15) is 17.8 Å². The van der Waals surface area contributed by atoms with Gasteiger partial charge < -0.3 is 14.3 Å². The van der Waals surface area contributed by atoms with Gasteiger partial charge in [0, 0.05) is 0 Å². The number of fused-ring (bicyclic) bond motifs is 1. The van der Waals surface area contributed by atoms with Crippen LogP contribution in [-0.2, 0) is 17.6 Å². The second-order valence-corrected chi connectivity index (χ2v) is 4.97. The lowest BCUT2D eigenvalue weighted by Gasteiger charge is -2.34. The molecule has 2 aromatic rings. The second kappa shape index (κ2) is 4.46. The van der Waals surface area contributed by atoms with Crippen LogP contribution in [0, 0.1) is 5.41 Å². The molecule has 1 aliphatic rings. The Morgan fingerprint density at radius 2 is 2.16 bits per heavy atom. The zero-order valence-electron chi connectivity index (χ0n) is 10.3. The van der Waals surface area contributed by atoms with E-state index in [1.807, 2.05) is 24.3 Å². The Balaban J connectivity index is 1.93. The number of aliphatic carboxylic acids is 1. The molecule has 0 saturated heterocycles. The summed E-state index contributed by atoms with van der Waals surface area (Å²) in [6, 6.07) is 9.38. The largest absolute Gasteiger partial charge is 0.492 e. The molecule has 98 valence electrons. The van der Waals surface area contributed by atoms with Gasteiger partial charge in [0.25, 0.3) is 0 Å². The molecule has 0 aliphatic carbocycles. The predicted octanol–water partition coefficient (Wildman–Crippen LogP) is 2.53. The molecule has 0 spiro atoms. The van der Waals surface area contributed by atoms with Gasteiger partial charge in [-0.15, -0.1) is 0 Å². The summed E-state index contributed by atoms with van der Waals surface area (Å²) in [5.41, 5.74) is 0.906. The van der Waals surface area contributed by atoms with E-state index in [1.165, 1.54) is 0 Å². The molecule has 19 heavy (non-hydrogen) atoms. The molecule has 1 atom stereocenters. The van der Waals surface area contributed by atoms with Crippen LogP contribution < -0.4 is 4.74 Å². The Kier molecular flexibility index (Phi) is 2.78. The number of hydrogen-bond acceptors (Lipinski definition) is 3. The second-order valence-electron chi connectivity index (χ2n) is 4.97. The molecule has 0 amide bonds. The van der Waals surface area contributed by atoms with E-state index in [1.54, 1.807) is 18.6 Å². The van der Waals surface area contributed by atoms with Gasteiger partial charge in [-0.2, -0.15) is 0 Å². The summed E-state index contributed by atoms with van der Waals surface area (Å²) in [4.78, 5) is 11.7. The molecule has 4 nitrogen and oxygen atoms in total. The third-order valence-corrected chi connectivity index (χ3v) is 3.58. The third-order valence-electron chi connectivity index (χ3n) is 3.58. The van der Waals surface area contributed by atoms with E-state index in [0.717, 1.165) is 16.9 Å². The van der Waals surface area contributed by atoms with Crippen molar-refractivity contribution >= 4 is 5.97 Å². The highest BCUT2D eigenvalue weighted by Crippen LogP contribution is 2.37. The average molecular weight is 258 g/mol. The minimum absolute atomic E-state index is 0.185. The minimum Gasteiger partial charge on any atom is -0.492 e. The standard InChI is InChI=1S/C15H14O4/c16-14(17)15(7-11-5-6-18-9-11)8-12-3-1-2-4-13(12)19-10-15/h1-6,9H,7-8,10H2,(H,16,17). The molecule has 0 radical (unpaired) electrons.